The molecule has 1 heterocycles. The first-order valence-electron chi connectivity index (χ1n) is 7.18. The predicted octanol–water partition coefficient (Wildman–Crippen LogP) is 3.11. The first-order valence-corrected chi connectivity index (χ1v) is 7.18. The number of aromatic amines is 1. The van der Waals surface area contributed by atoms with Gasteiger partial charge in [-0.1, -0.05) is 57.7 Å². The fourth-order valence-electron chi connectivity index (χ4n) is 2.03. The highest BCUT2D eigenvalue weighted by molar-refractivity contribution is 6.48. The lowest BCUT2D eigenvalue weighted by atomic mass is 9.90. The molecule has 7 nitrogen and oxygen atoms in total. The molecule has 2 N–H and O–H groups in total. The van der Waals surface area contributed by atoms with Gasteiger partial charge in [-0.2, -0.15) is 15.8 Å². The quantitative estimate of drug-likeness (QED) is 0.297. The minimum atomic E-state index is -0.497. The molecule has 7 heteroatoms. The maximum atomic E-state index is 12.2. The third-order valence-electron chi connectivity index (χ3n) is 3.24. The zero-order valence-corrected chi connectivity index (χ0v) is 13.6. The number of Topliss-reactive ketones (excluding diaryl/α,β-unsaturated/α-hetero) is 1. The number of hydrogen-bond acceptors (Lipinski definition) is 5. The standard InChI is InChI=1S/C17H16N6O/c1-17(2,3)14-12(10-18)15(21-20-14)22-23-16(19-4)13(24)11-8-6-5-7-9-11/h5-9H,1-3H3,(H2,20,21,22). The third kappa shape index (κ3) is 3.47. The van der Waals surface area contributed by atoms with Crippen molar-refractivity contribution in [2.75, 3.05) is 5.43 Å². The maximum Gasteiger partial charge on any atom is 0.341 e. The second-order valence-corrected chi connectivity index (χ2v) is 6.04. The molecule has 2 rings (SSSR count). The number of nitrogens with zero attached hydrogens (tertiary/aromatic N) is 4. The number of anilines is 1. The van der Waals surface area contributed by atoms with E-state index < -0.39 is 5.78 Å². The van der Waals surface area contributed by atoms with Crippen molar-refractivity contribution in [3.8, 4) is 6.07 Å². The molecule has 0 aliphatic heterocycles. The molecule has 24 heavy (non-hydrogen) atoms. The highest BCUT2D eigenvalue weighted by Gasteiger charge is 2.24. The summed E-state index contributed by atoms with van der Waals surface area (Å²) >= 11 is 0. The van der Waals surface area contributed by atoms with Crippen molar-refractivity contribution in [1.82, 2.24) is 10.2 Å². The van der Waals surface area contributed by atoms with E-state index >= 15 is 0 Å². The Morgan fingerprint density at radius 2 is 2.04 bits per heavy atom. The normalized spacial score (nSPS) is 11.5. The molecule has 0 fully saturated rings. The Bertz CT molecular complexity index is 859. The molecule has 120 valence electrons. The lowest BCUT2D eigenvalue weighted by Crippen LogP contribution is -2.14. The highest BCUT2D eigenvalue weighted by Crippen LogP contribution is 2.27. The lowest BCUT2D eigenvalue weighted by Gasteiger charge is -2.15. The zero-order chi connectivity index (χ0) is 17.7. The summed E-state index contributed by atoms with van der Waals surface area (Å²) in [6.45, 7) is 13.0. The number of hydrogen-bond donors (Lipinski definition) is 2. The number of rotatable bonds is 4. The Morgan fingerprint density at radius 1 is 1.38 bits per heavy atom. The van der Waals surface area contributed by atoms with E-state index in [9.17, 15) is 10.1 Å². The van der Waals surface area contributed by atoms with Crippen molar-refractivity contribution in [3.05, 3.63) is 58.6 Å². The number of ketones is 1. The molecule has 0 spiro atoms. The minimum absolute atomic E-state index is 0.185. The van der Waals surface area contributed by atoms with Crippen LogP contribution in [0, 0.1) is 17.9 Å². The number of amidine groups is 1. The van der Waals surface area contributed by atoms with Crippen LogP contribution in [0.15, 0.2) is 35.4 Å². The molecule has 0 aliphatic rings. The number of aromatic nitrogens is 2. The van der Waals surface area contributed by atoms with Crippen LogP contribution in [0.5, 0.6) is 0 Å². The number of H-pyrrole nitrogens is 1. The van der Waals surface area contributed by atoms with E-state index in [4.69, 9.17) is 6.57 Å². The highest BCUT2D eigenvalue weighted by atomic mass is 16.1. The summed E-state index contributed by atoms with van der Waals surface area (Å²) in [4.78, 5) is 15.4. The summed E-state index contributed by atoms with van der Waals surface area (Å²) in [5, 5.41) is 20.0. The van der Waals surface area contributed by atoms with E-state index in [1.165, 1.54) is 0 Å². The molecule has 0 unspecified atom stereocenters. The fraction of sp³-hybridized carbons (Fsp3) is 0.235. The van der Waals surface area contributed by atoms with Gasteiger partial charge in [-0.25, -0.2) is 0 Å². The van der Waals surface area contributed by atoms with Gasteiger partial charge in [0.1, 0.15) is 11.6 Å². The number of carbonyl (C=O) groups excluding carboxylic acids is 1. The Balaban J connectivity index is 2.30. The smallest absolute Gasteiger partial charge is 0.341 e. The van der Waals surface area contributed by atoms with Crippen molar-refractivity contribution in [2.45, 2.75) is 26.2 Å². The summed E-state index contributed by atoms with van der Waals surface area (Å²) < 4.78 is 0. The van der Waals surface area contributed by atoms with Gasteiger partial charge in [0.05, 0.1) is 5.69 Å². The van der Waals surface area contributed by atoms with Crippen LogP contribution in [-0.2, 0) is 5.41 Å². The van der Waals surface area contributed by atoms with Crippen molar-refractivity contribution in [2.24, 2.45) is 5.10 Å². The molecule has 0 saturated heterocycles. The van der Waals surface area contributed by atoms with Crippen molar-refractivity contribution in [1.29, 1.82) is 5.26 Å². The number of benzene rings is 1. The van der Waals surface area contributed by atoms with Crippen LogP contribution in [0.1, 0.15) is 42.4 Å². The zero-order valence-electron chi connectivity index (χ0n) is 13.6. The third-order valence-corrected chi connectivity index (χ3v) is 3.24. The molecule has 0 aliphatic carbocycles. The summed E-state index contributed by atoms with van der Waals surface area (Å²) in [5.74, 6) is -0.641. The molecular weight excluding hydrogens is 304 g/mol. The Kier molecular flexibility index (Phi) is 4.76. The molecule has 0 saturated carbocycles. The summed E-state index contributed by atoms with van der Waals surface area (Å²) in [7, 11) is 0. The average molecular weight is 320 g/mol. The lowest BCUT2D eigenvalue weighted by molar-refractivity contribution is 0.106. The molecule has 0 bridgehead atoms. The Morgan fingerprint density at radius 3 is 2.58 bits per heavy atom. The van der Waals surface area contributed by atoms with Crippen LogP contribution in [-0.4, -0.2) is 21.8 Å². The second kappa shape index (κ2) is 6.76. The van der Waals surface area contributed by atoms with E-state index in [1.54, 1.807) is 30.3 Å². The van der Waals surface area contributed by atoms with Crippen LogP contribution in [0.2, 0.25) is 0 Å². The average Bonchev–Trinajstić information content (AvgIpc) is 2.99. The van der Waals surface area contributed by atoms with Gasteiger partial charge in [0.2, 0.25) is 11.6 Å². The maximum absolute atomic E-state index is 12.2. The van der Waals surface area contributed by atoms with Crippen molar-refractivity contribution < 1.29 is 4.79 Å². The largest absolute Gasteiger partial charge is 0.356 e. The van der Waals surface area contributed by atoms with Gasteiger partial charge in [0.15, 0.2) is 0 Å². The first kappa shape index (κ1) is 16.9. The van der Waals surface area contributed by atoms with Crippen LogP contribution >= 0.6 is 0 Å². The summed E-state index contributed by atoms with van der Waals surface area (Å²) in [6, 6.07) is 10.5. The van der Waals surface area contributed by atoms with Crippen LogP contribution in [0.25, 0.3) is 4.85 Å². The summed E-state index contributed by atoms with van der Waals surface area (Å²) in [5.41, 5.74) is 3.58. The number of carbonyl (C=O) groups is 1. The molecule has 0 radical (unpaired) electrons. The Hall–Kier alpha value is -3.45. The topological polar surface area (TPSA) is 98.3 Å². The molecular formula is C17H16N6O. The number of nitriles is 1. The molecule has 0 amide bonds. The van der Waals surface area contributed by atoms with Gasteiger partial charge in [0, 0.05) is 11.0 Å². The van der Waals surface area contributed by atoms with Crippen LogP contribution < -0.4 is 5.43 Å². The number of nitrogens with one attached hydrogen (secondary N) is 2. The van der Waals surface area contributed by atoms with E-state index in [0.717, 1.165) is 0 Å². The van der Waals surface area contributed by atoms with Gasteiger partial charge in [0.25, 0.3) is 0 Å². The van der Waals surface area contributed by atoms with Crippen LogP contribution in [0.3, 0.4) is 0 Å². The van der Waals surface area contributed by atoms with E-state index in [1.807, 2.05) is 20.8 Å². The van der Waals surface area contributed by atoms with Gasteiger partial charge >= 0.3 is 5.84 Å². The molecule has 1 aromatic heterocycles. The first-order chi connectivity index (χ1) is 11.4. The van der Waals surface area contributed by atoms with Gasteiger partial charge in [-0.05, 0) is 5.10 Å². The minimum Gasteiger partial charge on any atom is -0.356 e. The summed E-state index contributed by atoms with van der Waals surface area (Å²) in [6.07, 6.45) is 0. The SMILES string of the molecule is [C-]#[N+]C(=NNc1n[nH]c(C(C)(C)C)c1C#N)C(=O)c1ccccc1. The van der Waals surface area contributed by atoms with Gasteiger partial charge in [-0.15, -0.1) is 0 Å². The second-order valence-electron chi connectivity index (χ2n) is 6.04. The van der Waals surface area contributed by atoms with E-state index in [0.29, 0.717) is 16.8 Å². The molecule has 2 aromatic rings. The van der Waals surface area contributed by atoms with E-state index in [2.05, 4.69) is 31.6 Å². The monoisotopic (exact) mass is 320 g/mol. The van der Waals surface area contributed by atoms with Crippen LogP contribution in [0.4, 0.5) is 5.82 Å². The van der Waals surface area contributed by atoms with Crippen molar-refractivity contribution >= 4 is 17.4 Å². The van der Waals surface area contributed by atoms with Gasteiger partial charge < -0.3 is 9.64 Å². The number of hydrazone groups is 1. The molecule has 1 aromatic carbocycles. The molecule has 0 atom stereocenters. The van der Waals surface area contributed by atoms with Gasteiger partial charge in [-0.3, -0.25) is 5.10 Å². The van der Waals surface area contributed by atoms with E-state index in [-0.39, 0.29) is 17.1 Å². The van der Waals surface area contributed by atoms with Crippen molar-refractivity contribution in [3.63, 3.8) is 0 Å². The Labute approximate surface area is 139 Å². The predicted molar refractivity (Wildman–Crippen MR) is 90.4 cm³/mol. The fourth-order valence-corrected chi connectivity index (χ4v) is 2.03.